The van der Waals surface area contributed by atoms with E-state index in [1.165, 1.54) is 13.5 Å². The molecular formula is C15H30N2O2. The molecule has 2 atom stereocenters. The maximum absolute atomic E-state index is 12.2. The number of methoxy groups -OCH3 is 1. The van der Waals surface area contributed by atoms with E-state index in [-0.39, 0.29) is 5.97 Å². The van der Waals surface area contributed by atoms with Crippen LogP contribution in [0.5, 0.6) is 0 Å². The van der Waals surface area contributed by atoms with E-state index in [2.05, 4.69) is 31.0 Å². The van der Waals surface area contributed by atoms with E-state index < -0.39 is 5.54 Å². The van der Waals surface area contributed by atoms with Gasteiger partial charge in [0.1, 0.15) is 5.54 Å². The molecule has 0 heterocycles. The molecule has 1 aliphatic carbocycles. The largest absolute Gasteiger partial charge is 0.468 e. The van der Waals surface area contributed by atoms with Gasteiger partial charge in [-0.2, -0.15) is 0 Å². The third-order valence-electron chi connectivity index (χ3n) is 4.31. The summed E-state index contributed by atoms with van der Waals surface area (Å²) in [6.45, 7) is 10.5. The van der Waals surface area contributed by atoms with Crippen LogP contribution in [0.25, 0.3) is 0 Å². The fraction of sp³-hybridized carbons (Fsp3) is 0.933. The minimum atomic E-state index is -0.477. The van der Waals surface area contributed by atoms with Gasteiger partial charge in [-0.05, 0) is 52.6 Å². The normalized spacial score (nSPS) is 27.8. The molecule has 1 saturated carbocycles. The molecule has 0 saturated heterocycles. The molecule has 4 nitrogen and oxygen atoms in total. The number of nitrogens with one attached hydrogen (secondary N) is 1. The summed E-state index contributed by atoms with van der Waals surface area (Å²) in [5, 5.41) is 3.40. The van der Waals surface area contributed by atoms with Crippen LogP contribution in [-0.4, -0.2) is 48.7 Å². The smallest absolute Gasteiger partial charge is 0.326 e. The highest BCUT2D eigenvalue weighted by Gasteiger charge is 2.44. The van der Waals surface area contributed by atoms with E-state index in [0.717, 1.165) is 32.4 Å². The fourth-order valence-electron chi connectivity index (χ4n) is 3.53. The van der Waals surface area contributed by atoms with Crippen molar-refractivity contribution in [3.05, 3.63) is 0 Å². The van der Waals surface area contributed by atoms with Gasteiger partial charge in [0, 0.05) is 12.1 Å². The summed E-state index contributed by atoms with van der Waals surface area (Å²) in [6, 6.07) is 0.988. The summed E-state index contributed by atoms with van der Waals surface area (Å²) in [6.07, 6.45) is 4.01. The molecule has 1 aliphatic rings. The lowest BCUT2D eigenvalue weighted by Gasteiger charge is -2.44. The molecule has 1 N–H and O–H groups in total. The average Bonchev–Trinajstić information content (AvgIpc) is 2.39. The van der Waals surface area contributed by atoms with Gasteiger partial charge >= 0.3 is 5.97 Å². The lowest BCUT2D eigenvalue weighted by atomic mass is 9.78. The Kier molecular flexibility index (Phi) is 6.27. The molecule has 112 valence electrons. The van der Waals surface area contributed by atoms with Crippen LogP contribution in [0.15, 0.2) is 0 Å². The van der Waals surface area contributed by atoms with E-state index in [9.17, 15) is 4.79 Å². The van der Waals surface area contributed by atoms with Crippen LogP contribution in [0.1, 0.15) is 53.4 Å². The van der Waals surface area contributed by atoms with Crippen molar-refractivity contribution in [1.82, 2.24) is 10.2 Å². The maximum Gasteiger partial charge on any atom is 0.326 e. The quantitative estimate of drug-likeness (QED) is 0.751. The zero-order chi connectivity index (χ0) is 14.5. The molecule has 1 rings (SSSR count). The summed E-state index contributed by atoms with van der Waals surface area (Å²) in [4.78, 5) is 14.7. The first kappa shape index (κ1) is 16.4. The minimum absolute atomic E-state index is 0.0983. The first-order valence-corrected chi connectivity index (χ1v) is 7.60. The van der Waals surface area contributed by atoms with Gasteiger partial charge in [0.05, 0.1) is 7.11 Å². The fourth-order valence-corrected chi connectivity index (χ4v) is 3.53. The van der Waals surface area contributed by atoms with Gasteiger partial charge in [-0.3, -0.25) is 9.69 Å². The summed E-state index contributed by atoms with van der Waals surface area (Å²) in [5.74, 6) is -0.0983. The van der Waals surface area contributed by atoms with Crippen LogP contribution in [0.3, 0.4) is 0 Å². The van der Waals surface area contributed by atoms with Crippen LogP contribution in [0.4, 0.5) is 0 Å². The predicted molar refractivity (Wildman–Crippen MR) is 78.2 cm³/mol. The Morgan fingerprint density at radius 3 is 2.63 bits per heavy atom. The summed E-state index contributed by atoms with van der Waals surface area (Å²) >= 11 is 0. The molecule has 2 unspecified atom stereocenters. The SMILES string of the molecule is CCNC1(C(=O)OC)CCCC(N(CC)C(C)C)C1. The Labute approximate surface area is 117 Å². The summed E-state index contributed by atoms with van der Waals surface area (Å²) in [7, 11) is 1.49. The Morgan fingerprint density at radius 1 is 1.47 bits per heavy atom. The molecule has 0 aromatic heterocycles. The second-order valence-electron chi connectivity index (χ2n) is 5.78. The van der Waals surface area contributed by atoms with Gasteiger partial charge in [0.15, 0.2) is 0 Å². The minimum Gasteiger partial charge on any atom is -0.468 e. The van der Waals surface area contributed by atoms with Gasteiger partial charge in [0.25, 0.3) is 0 Å². The standard InChI is InChI=1S/C15H30N2O2/c1-6-16-15(14(18)19-5)10-8-9-13(11-15)17(7-2)12(3)4/h12-13,16H,6-11H2,1-5H3. The Hall–Kier alpha value is -0.610. The highest BCUT2D eigenvalue weighted by atomic mass is 16.5. The second kappa shape index (κ2) is 7.25. The van der Waals surface area contributed by atoms with Crippen LogP contribution in [-0.2, 0) is 9.53 Å². The van der Waals surface area contributed by atoms with E-state index in [1.54, 1.807) is 0 Å². The number of carbonyl (C=O) groups is 1. The van der Waals surface area contributed by atoms with Crippen LogP contribution in [0, 0.1) is 0 Å². The highest BCUT2D eigenvalue weighted by molar-refractivity contribution is 5.81. The van der Waals surface area contributed by atoms with Gasteiger partial charge in [-0.1, -0.05) is 13.8 Å². The number of nitrogens with zero attached hydrogens (tertiary/aromatic N) is 1. The van der Waals surface area contributed by atoms with E-state index in [4.69, 9.17) is 4.74 Å². The molecule has 0 amide bonds. The number of hydrogen-bond donors (Lipinski definition) is 1. The molecule has 4 heteroatoms. The first-order chi connectivity index (χ1) is 9.00. The van der Waals surface area contributed by atoms with E-state index in [1.807, 2.05) is 6.92 Å². The van der Waals surface area contributed by atoms with Crippen molar-refractivity contribution in [3.8, 4) is 0 Å². The Balaban J connectivity index is 2.87. The van der Waals surface area contributed by atoms with Gasteiger partial charge < -0.3 is 10.1 Å². The molecule has 0 aliphatic heterocycles. The average molecular weight is 270 g/mol. The van der Waals surface area contributed by atoms with Gasteiger partial charge in [-0.15, -0.1) is 0 Å². The number of carbonyl (C=O) groups excluding carboxylic acids is 1. The maximum atomic E-state index is 12.2. The number of ether oxygens (including phenoxy) is 1. The summed E-state index contributed by atoms with van der Waals surface area (Å²) in [5.41, 5.74) is -0.477. The van der Waals surface area contributed by atoms with Crippen molar-refractivity contribution >= 4 is 5.97 Å². The van der Waals surface area contributed by atoms with Crippen LogP contribution in [0.2, 0.25) is 0 Å². The Morgan fingerprint density at radius 2 is 2.16 bits per heavy atom. The van der Waals surface area contributed by atoms with Gasteiger partial charge in [-0.25, -0.2) is 0 Å². The predicted octanol–water partition coefficient (Wildman–Crippen LogP) is 2.18. The molecule has 0 bridgehead atoms. The second-order valence-corrected chi connectivity index (χ2v) is 5.78. The molecule has 0 aromatic carbocycles. The number of esters is 1. The topological polar surface area (TPSA) is 41.6 Å². The highest BCUT2D eigenvalue weighted by Crippen LogP contribution is 2.33. The van der Waals surface area contributed by atoms with Crippen molar-refractivity contribution < 1.29 is 9.53 Å². The van der Waals surface area contributed by atoms with Crippen molar-refractivity contribution in [2.24, 2.45) is 0 Å². The number of rotatable bonds is 6. The molecule has 0 spiro atoms. The third-order valence-corrected chi connectivity index (χ3v) is 4.31. The first-order valence-electron chi connectivity index (χ1n) is 7.60. The molecule has 0 radical (unpaired) electrons. The van der Waals surface area contributed by atoms with Crippen molar-refractivity contribution in [3.63, 3.8) is 0 Å². The van der Waals surface area contributed by atoms with E-state index in [0.29, 0.717) is 12.1 Å². The zero-order valence-corrected chi connectivity index (χ0v) is 13.2. The number of likely N-dealkylation sites (N-methyl/N-ethyl adjacent to an activating group) is 1. The Bertz CT molecular complexity index is 290. The molecular weight excluding hydrogens is 240 g/mol. The van der Waals surface area contributed by atoms with E-state index >= 15 is 0 Å². The van der Waals surface area contributed by atoms with Crippen molar-refractivity contribution in [1.29, 1.82) is 0 Å². The third kappa shape index (κ3) is 3.69. The monoisotopic (exact) mass is 270 g/mol. The van der Waals surface area contributed by atoms with Crippen molar-refractivity contribution in [2.75, 3.05) is 20.2 Å². The lowest BCUT2D eigenvalue weighted by molar-refractivity contribution is -0.151. The van der Waals surface area contributed by atoms with Gasteiger partial charge in [0.2, 0.25) is 0 Å². The summed E-state index contributed by atoms with van der Waals surface area (Å²) < 4.78 is 5.05. The van der Waals surface area contributed by atoms with Crippen LogP contribution >= 0.6 is 0 Å². The molecule has 19 heavy (non-hydrogen) atoms. The molecule has 0 aromatic rings. The number of hydrogen-bond acceptors (Lipinski definition) is 4. The van der Waals surface area contributed by atoms with Crippen molar-refractivity contribution in [2.45, 2.75) is 71.0 Å². The lowest BCUT2D eigenvalue weighted by Crippen LogP contribution is -2.59. The van der Waals surface area contributed by atoms with Crippen LogP contribution < -0.4 is 5.32 Å². The zero-order valence-electron chi connectivity index (χ0n) is 13.2. The molecule has 1 fully saturated rings.